The van der Waals surface area contributed by atoms with E-state index in [1.165, 1.54) is 25.4 Å². The molecule has 6 rings (SSSR count). The summed E-state index contributed by atoms with van der Waals surface area (Å²) in [5.74, 6) is 0. The molecule has 0 N–H and O–H groups in total. The van der Waals surface area contributed by atoms with Crippen LogP contribution in [0.25, 0.3) is 42.7 Å². The van der Waals surface area contributed by atoms with E-state index in [0.29, 0.717) is 0 Å². The standard InChI is InChI=1S/C20H18NSSi.C11H8N.Ir/c1-23(2,3)15-9-10-19-16(11-15)17-12-18(21-13-20(17)22-19)14-7-5-4-6-8-14;1-2-6-10(7-3-1)11-8-4-5-9-12-11;/h4-7,9-13H,1-3H3;1-6,8-9H;/q2*-1;. The Hall–Kier alpha value is -2.95. The van der Waals surface area contributed by atoms with Gasteiger partial charge in [-0.05, 0) is 34.3 Å². The van der Waals surface area contributed by atoms with Crippen LogP contribution in [0.5, 0.6) is 0 Å². The number of hydrogen-bond acceptors (Lipinski definition) is 3. The van der Waals surface area contributed by atoms with Gasteiger partial charge >= 0.3 is 0 Å². The molecule has 0 atom stereocenters. The second kappa shape index (κ2) is 11.4. The Morgan fingerprint density at radius 1 is 0.667 bits per heavy atom. The van der Waals surface area contributed by atoms with Crippen LogP contribution < -0.4 is 5.19 Å². The molecule has 0 aliphatic heterocycles. The Labute approximate surface area is 231 Å². The molecule has 0 unspecified atom stereocenters. The van der Waals surface area contributed by atoms with Crippen LogP contribution in [0.1, 0.15) is 0 Å². The van der Waals surface area contributed by atoms with Crippen molar-refractivity contribution in [2.45, 2.75) is 19.6 Å². The van der Waals surface area contributed by atoms with Gasteiger partial charge < -0.3 is 9.97 Å². The fourth-order valence-corrected chi connectivity index (χ4v) is 6.12. The van der Waals surface area contributed by atoms with E-state index in [4.69, 9.17) is 0 Å². The molecular weight excluding hydrogens is 653 g/mol. The molecule has 0 bridgehead atoms. The minimum atomic E-state index is -1.31. The molecule has 3 heterocycles. The molecule has 6 aromatic rings. The molecule has 181 valence electrons. The molecule has 1 radical (unpaired) electrons. The van der Waals surface area contributed by atoms with Crippen molar-refractivity contribution in [1.82, 2.24) is 9.97 Å². The number of nitrogens with zero attached hydrogens (tertiary/aromatic N) is 2. The van der Waals surface area contributed by atoms with Gasteiger partial charge in [-0.1, -0.05) is 55.2 Å². The van der Waals surface area contributed by atoms with Crippen molar-refractivity contribution in [3.63, 3.8) is 0 Å². The van der Waals surface area contributed by atoms with E-state index in [1.54, 1.807) is 6.20 Å². The Morgan fingerprint density at radius 2 is 1.33 bits per heavy atom. The average molecular weight is 679 g/mol. The third-order valence-electron chi connectivity index (χ3n) is 5.86. The molecule has 0 aliphatic rings. The van der Waals surface area contributed by atoms with Crippen LogP contribution in [0.3, 0.4) is 0 Å². The second-order valence-electron chi connectivity index (χ2n) is 9.40. The number of aromatic nitrogens is 2. The first-order chi connectivity index (χ1) is 17.0. The predicted molar refractivity (Wildman–Crippen MR) is 153 cm³/mol. The van der Waals surface area contributed by atoms with Crippen molar-refractivity contribution >= 4 is 44.8 Å². The van der Waals surface area contributed by atoms with Crippen LogP contribution in [0, 0.1) is 12.1 Å². The van der Waals surface area contributed by atoms with E-state index >= 15 is 0 Å². The number of rotatable bonds is 3. The zero-order valence-electron chi connectivity index (χ0n) is 20.5. The molecule has 0 amide bonds. The summed E-state index contributed by atoms with van der Waals surface area (Å²) in [5, 5.41) is 4.19. The van der Waals surface area contributed by atoms with Crippen molar-refractivity contribution in [2.75, 3.05) is 0 Å². The summed E-state index contributed by atoms with van der Waals surface area (Å²) in [6.07, 6.45) is 3.79. The molecule has 0 aliphatic carbocycles. The maximum atomic E-state index is 4.63. The Morgan fingerprint density at radius 3 is 1.94 bits per heavy atom. The largest absolute Gasteiger partial charge is 0.305 e. The first-order valence-electron chi connectivity index (χ1n) is 11.7. The first kappa shape index (κ1) is 26.1. The quantitative estimate of drug-likeness (QED) is 0.140. The van der Waals surface area contributed by atoms with Gasteiger partial charge in [0.2, 0.25) is 0 Å². The fourth-order valence-electron chi connectivity index (χ4n) is 3.92. The van der Waals surface area contributed by atoms with E-state index in [2.05, 4.69) is 72.1 Å². The Bertz CT molecular complexity index is 1520. The second-order valence-corrected chi connectivity index (χ2v) is 15.6. The van der Waals surface area contributed by atoms with Gasteiger partial charge in [-0.2, -0.15) is 0 Å². The van der Waals surface area contributed by atoms with Gasteiger partial charge in [-0.3, -0.25) is 0 Å². The van der Waals surface area contributed by atoms with Crippen molar-refractivity contribution in [3.05, 3.63) is 116 Å². The Kier molecular flexibility index (Phi) is 8.27. The van der Waals surface area contributed by atoms with E-state index in [9.17, 15) is 0 Å². The van der Waals surface area contributed by atoms with Gasteiger partial charge in [0.1, 0.15) is 0 Å². The molecule has 0 spiro atoms. The van der Waals surface area contributed by atoms with Gasteiger partial charge in [0, 0.05) is 37.2 Å². The van der Waals surface area contributed by atoms with Crippen molar-refractivity contribution in [1.29, 1.82) is 0 Å². The third-order valence-corrected chi connectivity index (χ3v) is 9.02. The minimum Gasteiger partial charge on any atom is -0.305 e. The SMILES string of the molecule is C[Si](C)(C)c1ccc2sc3cnc(-c4[c-]cccc4)cc3c2c1.[Ir].[c-]1ccccc1-c1ccccn1. The number of benzene rings is 3. The van der Waals surface area contributed by atoms with Crippen molar-refractivity contribution < 1.29 is 20.1 Å². The maximum absolute atomic E-state index is 4.63. The number of pyridine rings is 2. The summed E-state index contributed by atoms with van der Waals surface area (Å²) in [7, 11) is -1.31. The van der Waals surface area contributed by atoms with Gasteiger partial charge in [0.05, 0.1) is 12.8 Å². The molecule has 0 saturated carbocycles. The van der Waals surface area contributed by atoms with Crippen molar-refractivity contribution in [3.8, 4) is 22.5 Å². The van der Waals surface area contributed by atoms with E-state index in [0.717, 1.165) is 22.5 Å². The van der Waals surface area contributed by atoms with Crippen molar-refractivity contribution in [2.24, 2.45) is 0 Å². The zero-order valence-corrected chi connectivity index (χ0v) is 24.7. The van der Waals surface area contributed by atoms with Crippen LogP contribution in [0.2, 0.25) is 19.6 Å². The van der Waals surface area contributed by atoms with E-state index < -0.39 is 8.07 Å². The minimum absolute atomic E-state index is 0. The average Bonchev–Trinajstić information content (AvgIpc) is 3.27. The van der Waals surface area contributed by atoms with Crippen LogP contribution in [-0.4, -0.2) is 18.0 Å². The molecule has 0 fully saturated rings. The summed E-state index contributed by atoms with van der Waals surface area (Å²) >= 11 is 1.83. The maximum Gasteiger partial charge on any atom is 0.0776 e. The summed E-state index contributed by atoms with van der Waals surface area (Å²) in [6, 6.07) is 37.3. The summed E-state index contributed by atoms with van der Waals surface area (Å²) in [5.41, 5.74) is 4.06. The van der Waals surface area contributed by atoms with E-state index in [-0.39, 0.29) is 20.1 Å². The summed E-state index contributed by atoms with van der Waals surface area (Å²) < 4.78 is 2.60. The molecule has 2 nitrogen and oxygen atoms in total. The van der Waals surface area contributed by atoms with Crippen LogP contribution >= 0.6 is 11.3 Å². The van der Waals surface area contributed by atoms with Gasteiger partial charge in [-0.15, -0.1) is 83.1 Å². The fraction of sp³-hybridized carbons (Fsp3) is 0.0968. The molecule has 3 aromatic heterocycles. The molecular formula is C31H26IrN2SSi-2. The van der Waals surface area contributed by atoms with Crippen LogP contribution in [0.4, 0.5) is 0 Å². The molecule has 36 heavy (non-hydrogen) atoms. The molecule has 0 saturated heterocycles. The smallest absolute Gasteiger partial charge is 0.0776 e. The number of fused-ring (bicyclic) bond motifs is 3. The van der Waals surface area contributed by atoms with Crippen LogP contribution in [0.15, 0.2) is 103 Å². The Balaban J connectivity index is 0.000000198. The van der Waals surface area contributed by atoms with Crippen LogP contribution in [-0.2, 0) is 20.1 Å². The number of thiophene rings is 1. The molecule has 3 aromatic carbocycles. The third kappa shape index (κ3) is 5.88. The monoisotopic (exact) mass is 679 g/mol. The van der Waals surface area contributed by atoms with E-state index in [1.807, 2.05) is 78.2 Å². The topological polar surface area (TPSA) is 25.8 Å². The van der Waals surface area contributed by atoms with Gasteiger partial charge in [0.15, 0.2) is 0 Å². The summed E-state index contributed by atoms with van der Waals surface area (Å²) in [6.45, 7) is 7.19. The zero-order chi connectivity index (χ0) is 24.3. The first-order valence-corrected chi connectivity index (χ1v) is 16.0. The number of hydrogen-bond donors (Lipinski definition) is 0. The normalized spacial score (nSPS) is 11.0. The molecule has 5 heteroatoms. The predicted octanol–water partition coefficient (Wildman–Crippen LogP) is 8.01. The summed E-state index contributed by atoms with van der Waals surface area (Å²) in [4.78, 5) is 8.85. The van der Waals surface area contributed by atoms with Gasteiger partial charge in [0.25, 0.3) is 0 Å². The van der Waals surface area contributed by atoms with Gasteiger partial charge in [-0.25, -0.2) is 0 Å².